The lowest BCUT2D eigenvalue weighted by molar-refractivity contribution is 0.129. The van der Waals surface area contributed by atoms with Gasteiger partial charge in [-0.1, -0.05) is 42.0 Å². The van der Waals surface area contributed by atoms with E-state index in [-0.39, 0.29) is 12.1 Å². The Labute approximate surface area is 234 Å². The standard InChI is InChI=1S/C33H34N2O3S/c1-22-18-28-27-20-30(38-21-23-8-5-4-6-9-23)29(37-3)19-24(27)15-16-35(28)33(31-10-7-17-39-31)32(22)34-25-11-13-26(36-2)14-12-25/h4-14,17,19-20,28,33-34H,15-16,18,21H2,1-3H3. The highest BCUT2D eigenvalue weighted by molar-refractivity contribution is 7.10. The first kappa shape index (κ1) is 25.5. The van der Waals surface area contributed by atoms with Crippen LogP contribution >= 0.6 is 11.3 Å². The van der Waals surface area contributed by atoms with Gasteiger partial charge in [0.25, 0.3) is 0 Å². The van der Waals surface area contributed by atoms with Gasteiger partial charge >= 0.3 is 0 Å². The zero-order valence-electron chi connectivity index (χ0n) is 22.6. The number of methoxy groups -OCH3 is 2. The summed E-state index contributed by atoms with van der Waals surface area (Å²) in [7, 11) is 3.43. The van der Waals surface area contributed by atoms with Crippen LogP contribution in [0.3, 0.4) is 0 Å². The monoisotopic (exact) mass is 538 g/mol. The summed E-state index contributed by atoms with van der Waals surface area (Å²) in [6, 6.07) is 27.7. The average Bonchev–Trinajstić information content (AvgIpc) is 3.51. The predicted molar refractivity (Wildman–Crippen MR) is 158 cm³/mol. The number of thiophene rings is 1. The Bertz CT molecular complexity index is 1450. The van der Waals surface area contributed by atoms with Crippen LogP contribution in [0.2, 0.25) is 0 Å². The molecule has 1 aromatic heterocycles. The second-order valence-corrected chi connectivity index (χ2v) is 11.1. The zero-order chi connectivity index (χ0) is 26.8. The summed E-state index contributed by atoms with van der Waals surface area (Å²) in [4.78, 5) is 4.02. The van der Waals surface area contributed by atoms with E-state index < -0.39 is 0 Å². The zero-order valence-corrected chi connectivity index (χ0v) is 23.5. The minimum absolute atomic E-state index is 0.162. The SMILES string of the molecule is COc1ccc(NC2=C(C)CC3c4cc(OCc5ccccc5)c(OC)cc4CCN3C2c2cccs2)cc1. The number of benzene rings is 3. The Hall–Kier alpha value is -3.74. The van der Waals surface area contributed by atoms with Gasteiger partial charge < -0.3 is 19.5 Å². The summed E-state index contributed by atoms with van der Waals surface area (Å²) in [6.07, 6.45) is 1.93. The van der Waals surface area contributed by atoms with Crippen molar-refractivity contribution in [2.24, 2.45) is 0 Å². The van der Waals surface area contributed by atoms with E-state index in [4.69, 9.17) is 14.2 Å². The average molecular weight is 539 g/mol. The number of hydrogen-bond donors (Lipinski definition) is 1. The van der Waals surface area contributed by atoms with Crippen molar-refractivity contribution in [2.45, 2.75) is 38.5 Å². The molecule has 0 aliphatic carbocycles. The smallest absolute Gasteiger partial charge is 0.162 e. The molecule has 200 valence electrons. The van der Waals surface area contributed by atoms with Crippen LogP contribution in [0.1, 0.15) is 47.0 Å². The molecule has 2 aliphatic rings. The molecule has 2 unspecified atom stereocenters. The van der Waals surface area contributed by atoms with Crippen LogP contribution in [0.25, 0.3) is 0 Å². The molecule has 39 heavy (non-hydrogen) atoms. The minimum Gasteiger partial charge on any atom is -0.497 e. The van der Waals surface area contributed by atoms with Crippen LogP contribution < -0.4 is 19.5 Å². The molecule has 0 saturated heterocycles. The lowest BCUT2D eigenvalue weighted by Crippen LogP contribution is -2.43. The highest BCUT2D eigenvalue weighted by Crippen LogP contribution is 2.50. The Morgan fingerprint density at radius 2 is 1.74 bits per heavy atom. The normalized spacial score (nSPS) is 18.7. The van der Waals surface area contributed by atoms with Crippen molar-refractivity contribution < 1.29 is 14.2 Å². The summed E-state index contributed by atoms with van der Waals surface area (Å²) in [5.41, 5.74) is 7.56. The highest BCUT2D eigenvalue weighted by atomic mass is 32.1. The van der Waals surface area contributed by atoms with Gasteiger partial charge in [-0.25, -0.2) is 0 Å². The number of fused-ring (bicyclic) bond motifs is 3. The van der Waals surface area contributed by atoms with Gasteiger partial charge in [-0.15, -0.1) is 11.3 Å². The molecule has 0 bridgehead atoms. The van der Waals surface area contributed by atoms with Crippen LogP contribution in [0.15, 0.2) is 95.5 Å². The number of ether oxygens (including phenoxy) is 3. The Balaban J connectivity index is 1.35. The minimum atomic E-state index is 0.162. The molecule has 4 aromatic rings. The van der Waals surface area contributed by atoms with E-state index in [9.17, 15) is 0 Å². The molecule has 1 N–H and O–H groups in total. The number of nitrogens with zero attached hydrogens (tertiary/aromatic N) is 1. The van der Waals surface area contributed by atoms with E-state index >= 15 is 0 Å². The molecule has 5 nitrogen and oxygen atoms in total. The second kappa shape index (κ2) is 11.2. The quantitative estimate of drug-likeness (QED) is 0.248. The molecule has 0 radical (unpaired) electrons. The maximum absolute atomic E-state index is 6.33. The van der Waals surface area contributed by atoms with E-state index in [1.807, 2.05) is 41.7 Å². The second-order valence-electron chi connectivity index (χ2n) is 10.1. The Morgan fingerprint density at radius 3 is 2.46 bits per heavy atom. The molecule has 3 aromatic carbocycles. The van der Waals surface area contributed by atoms with Crippen molar-refractivity contribution in [1.29, 1.82) is 0 Å². The third kappa shape index (κ3) is 5.14. The van der Waals surface area contributed by atoms with Crippen LogP contribution in [0, 0.1) is 0 Å². The van der Waals surface area contributed by atoms with Gasteiger partial charge in [0.1, 0.15) is 12.4 Å². The van der Waals surface area contributed by atoms with Gasteiger partial charge in [0.15, 0.2) is 11.5 Å². The number of nitrogens with one attached hydrogen (secondary N) is 1. The first-order chi connectivity index (χ1) is 19.1. The van der Waals surface area contributed by atoms with Gasteiger partial charge in [-0.05, 0) is 84.3 Å². The molecule has 0 amide bonds. The Kier molecular flexibility index (Phi) is 7.31. The van der Waals surface area contributed by atoms with Gasteiger partial charge in [0, 0.05) is 28.8 Å². The molecule has 3 heterocycles. The third-order valence-corrected chi connectivity index (χ3v) is 8.73. The van der Waals surface area contributed by atoms with E-state index in [1.165, 1.54) is 27.3 Å². The van der Waals surface area contributed by atoms with Gasteiger partial charge in [0.2, 0.25) is 0 Å². The van der Waals surface area contributed by atoms with Gasteiger partial charge in [0.05, 0.1) is 20.3 Å². The lowest BCUT2D eigenvalue weighted by Gasteiger charge is -2.47. The van der Waals surface area contributed by atoms with Crippen molar-refractivity contribution in [1.82, 2.24) is 4.90 Å². The van der Waals surface area contributed by atoms with E-state index in [2.05, 4.69) is 71.1 Å². The van der Waals surface area contributed by atoms with Gasteiger partial charge in [-0.3, -0.25) is 4.90 Å². The van der Waals surface area contributed by atoms with E-state index in [0.717, 1.165) is 47.9 Å². The number of hydrogen-bond acceptors (Lipinski definition) is 6. The van der Waals surface area contributed by atoms with Crippen LogP contribution in [0.4, 0.5) is 5.69 Å². The molecule has 2 aliphatic heterocycles. The molecule has 6 rings (SSSR count). The fraction of sp³-hybridized carbons (Fsp3) is 0.273. The fourth-order valence-electron chi connectivity index (χ4n) is 5.83. The highest BCUT2D eigenvalue weighted by Gasteiger charge is 2.40. The first-order valence-electron chi connectivity index (χ1n) is 13.4. The van der Waals surface area contributed by atoms with Crippen molar-refractivity contribution in [3.63, 3.8) is 0 Å². The fourth-order valence-corrected chi connectivity index (χ4v) is 6.68. The topological polar surface area (TPSA) is 43.0 Å². The Morgan fingerprint density at radius 1 is 0.923 bits per heavy atom. The summed E-state index contributed by atoms with van der Waals surface area (Å²) >= 11 is 1.82. The molecule has 0 saturated carbocycles. The molecule has 6 heteroatoms. The summed E-state index contributed by atoms with van der Waals surface area (Å²) in [6.45, 7) is 3.76. The summed E-state index contributed by atoms with van der Waals surface area (Å²) in [5, 5.41) is 5.97. The molecule has 0 spiro atoms. The van der Waals surface area contributed by atoms with E-state index in [1.54, 1.807) is 14.2 Å². The van der Waals surface area contributed by atoms with Crippen LogP contribution in [-0.2, 0) is 13.0 Å². The first-order valence-corrected chi connectivity index (χ1v) is 14.3. The number of rotatable bonds is 8. The maximum atomic E-state index is 6.33. The molecular weight excluding hydrogens is 504 g/mol. The van der Waals surface area contributed by atoms with Gasteiger partial charge in [-0.2, -0.15) is 0 Å². The summed E-state index contributed by atoms with van der Waals surface area (Å²) in [5.74, 6) is 2.47. The number of anilines is 1. The third-order valence-electron chi connectivity index (χ3n) is 7.81. The molecule has 2 atom stereocenters. The van der Waals surface area contributed by atoms with E-state index in [0.29, 0.717) is 6.61 Å². The predicted octanol–water partition coefficient (Wildman–Crippen LogP) is 7.77. The van der Waals surface area contributed by atoms with Crippen LogP contribution in [-0.4, -0.2) is 25.7 Å². The lowest BCUT2D eigenvalue weighted by atomic mass is 9.82. The molecular formula is C33H34N2O3S. The van der Waals surface area contributed by atoms with Crippen molar-refractivity contribution in [3.8, 4) is 17.2 Å². The van der Waals surface area contributed by atoms with Crippen molar-refractivity contribution in [3.05, 3.63) is 117 Å². The van der Waals surface area contributed by atoms with Crippen LogP contribution in [0.5, 0.6) is 17.2 Å². The molecule has 0 fully saturated rings. The maximum Gasteiger partial charge on any atom is 0.162 e. The summed E-state index contributed by atoms with van der Waals surface area (Å²) < 4.78 is 17.5. The van der Waals surface area contributed by atoms with Crippen molar-refractivity contribution in [2.75, 3.05) is 26.1 Å². The largest absolute Gasteiger partial charge is 0.497 e. The van der Waals surface area contributed by atoms with Crippen molar-refractivity contribution >= 4 is 17.0 Å².